The molecule has 14 heavy (non-hydrogen) atoms. The first-order chi connectivity index (χ1) is 6.66. The van der Waals surface area contributed by atoms with E-state index >= 15 is 0 Å². The summed E-state index contributed by atoms with van der Waals surface area (Å²) in [6, 6.07) is 4.16. The van der Waals surface area contributed by atoms with Crippen molar-refractivity contribution in [1.82, 2.24) is 5.32 Å². The van der Waals surface area contributed by atoms with Crippen LogP contribution in [0.2, 0.25) is 0 Å². The van der Waals surface area contributed by atoms with Crippen molar-refractivity contribution in [2.75, 3.05) is 6.54 Å². The summed E-state index contributed by atoms with van der Waals surface area (Å²) in [7, 11) is 0. The average Bonchev–Trinajstić information content (AvgIpc) is 2.60. The predicted molar refractivity (Wildman–Crippen MR) is 68.9 cm³/mol. The van der Waals surface area contributed by atoms with Crippen molar-refractivity contribution in [3.63, 3.8) is 0 Å². The SMILES string of the molecule is C=C(C)NCC.CC.Cc1cccs1. The number of hydrogen-bond donors (Lipinski definition) is 1. The Kier molecular flexibility index (Phi) is 13.7. The summed E-state index contributed by atoms with van der Waals surface area (Å²) < 4.78 is 0. The van der Waals surface area contributed by atoms with Crippen molar-refractivity contribution >= 4 is 11.3 Å². The van der Waals surface area contributed by atoms with Crippen LogP contribution in [0.15, 0.2) is 29.8 Å². The monoisotopic (exact) mass is 213 g/mol. The van der Waals surface area contributed by atoms with Crippen LogP contribution in [-0.2, 0) is 0 Å². The molecule has 0 unspecified atom stereocenters. The summed E-state index contributed by atoms with van der Waals surface area (Å²) in [4.78, 5) is 1.38. The van der Waals surface area contributed by atoms with Gasteiger partial charge in [-0.05, 0) is 32.2 Å². The Balaban J connectivity index is 0. The van der Waals surface area contributed by atoms with Crippen LogP contribution in [-0.4, -0.2) is 6.54 Å². The Bertz CT molecular complexity index is 202. The normalized spacial score (nSPS) is 7.50. The minimum Gasteiger partial charge on any atom is -0.389 e. The number of hydrogen-bond acceptors (Lipinski definition) is 2. The van der Waals surface area contributed by atoms with Gasteiger partial charge in [-0.3, -0.25) is 0 Å². The highest BCUT2D eigenvalue weighted by Crippen LogP contribution is 2.03. The van der Waals surface area contributed by atoms with Crippen LogP contribution in [0.5, 0.6) is 0 Å². The summed E-state index contributed by atoms with van der Waals surface area (Å²) in [5.41, 5.74) is 1.04. The van der Waals surface area contributed by atoms with Gasteiger partial charge >= 0.3 is 0 Å². The topological polar surface area (TPSA) is 12.0 Å². The Morgan fingerprint density at radius 1 is 1.50 bits per heavy atom. The first-order valence-corrected chi connectivity index (χ1v) is 5.94. The second kappa shape index (κ2) is 12.2. The van der Waals surface area contributed by atoms with E-state index in [1.165, 1.54) is 4.88 Å². The maximum absolute atomic E-state index is 3.63. The lowest BCUT2D eigenvalue weighted by molar-refractivity contribution is 0.859. The van der Waals surface area contributed by atoms with E-state index in [0.717, 1.165) is 12.2 Å². The zero-order valence-electron chi connectivity index (χ0n) is 10.1. The molecule has 1 aromatic rings. The first-order valence-electron chi connectivity index (χ1n) is 5.06. The molecule has 0 aliphatic heterocycles. The number of allylic oxidation sites excluding steroid dienone is 1. The molecule has 0 aliphatic carbocycles. The van der Waals surface area contributed by atoms with Gasteiger partial charge in [0, 0.05) is 17.1 Å². The van der Waals surface area contributed by atoms with Crippen molar-refractivity contribution in [2.45, 2.75) is 34.6 Å². The third-order valence-corrected chi connectivity index (χ3v) is 1.94. The minimum absolute atomic E-state index is 0.981. The molecule has 82 valence electrons. The van der Waals surface area contributed by atoms with Crippen molar-refractivity contribution in [3.05, 3.63) is 34.7 Å². The summed E-state index contributed by atoms with van der Waals surface area (Å²) >= 11 is 1.78. The number of thiophene rings is 1. The Hall–Kier alpha value is -0.760. The van der Waals surface area contributed by atoms with Crippen LogP contribution in [0.3, 0.4) is 0 Å². The van der Waals surface area contributed by atoms with Crippen molar-refractivity contribution in [2.24, 2.45) is 0 Å². The van der Waals surface area contributed by atoms with Crippen LogP contribution in [0.25, 0.3) is 0 Å². The fourth-order valence-electron chi connectivity index (χ4n) is 0.662. The Labute approximate surface area is 92.9 Å². The van der Waals surface area contributed by atoms with E-state index in [0.29, 0.717) is 0 Å². The maximum atomic E-state index is 3.63. The molecular formula is C12H23NS. The molecule has 0 radical (unpaired) electrons. The summed E-state index contributed by atoms with van der Waals surface area (Å²) in [6.45, 7) is 14.7. The van der Waals surface area contributed by atoms with Gasteiger partial charge in [0.05, 0.1) is 0 Å². The first kappa shape index (κ1) is 15.7. The molecule has 0 saturated carbocycles. The van der Waals surface area contributed by atoms with Crippen molar-refractivity contribution in [3.8, 4) is 0 Å². The Morgan fingerprint density at radius 2 is 2.07 bits per heavy atom. The molecule has 0 fully saturated rings. The molecule has 1 heterocycles. The third kappa shape index (κ3) is 13.8. The van der Waals surface area contributed by atoms with E-state index in [4.69, 9.17) is 0 Å². The zero-order valence-corrected chi connectivity index (χ0v) is 10.9. The van der Waals surface area contributed by atoms with Gasteiger partial charge in [-0.15, -0.1) is 11.3 Å². The highest BCUT2D eigenvalue weighted by molar-refractivity contribution is 7.09. The number of aryl methyl sites for hydroxylation is 1. The molecule has 0 aliphatic rings. The molecule has 1 nitrogen and oxygen atoms in total. The lowest BCUT2D eigenvalue weighted by Gasteiger charge is -1.95. The second-order valence-corrected chi connectivity index (χ2v) is 3.69. The van der Waals surface area contributed by atoms with Gasteiger partial charge in [-0.2, -0.15) is 0 Å². The highest BCUT2D eigenvalue weighted by atomic mass is 32.1. The standard InChI is InChI=1S/C5H11N.C5H6S.C2H6/c1-4-6-5(2)3;1-5-3-2-4-6-5;1-2/h6H,2,4H2,1,3H3;2-4H,1H3;1-2H3. The largest absolute Gasteiger partial charge is 0.389 e. The van der Waals surface area contributed by atoms with Gasteiger partial charge < -0.3 is 5.32 Å². The van der Waals surface area contributed by atoms with E-state index in [1.807, 2.05) is 20.8 Å². The minimum atomic E-state index is 0.981. The molecule has 2 heteroatoms. The maximum Gasteiger partial charge on any atom is 0.0115 e. The van der Waals surface area contributed by atoms with Crippen LogP contribution in [0.4, 0.5) is 0 Å². The van der Waals surface area contributed by atoms with Gasteiger partial charge in [0.1, 0.15) is 0 Å². The zero-order chi connectivity index (χ0) is 11.4. The molecule has 0 aromatic carbocycles. The van der Waals surface area contributed by atoms with Crippen molar-refractivity contribution in [1.29, 1.82) is 0 Å². The summed E-state index contributed by atoms with van der Waals surface area (Å²) in [5.74, 6) is 0. The lowest BCUT2D eigenvalue weighted by Crippen LogP contribution is -2.07. The van der Waals surface area contributed by atoms with Gasteiger partial charge in [-0.1, -0.05) is 26.5 Å². The summed E-state index contributed by atoms with van der Waals surface area (Å²) in [6.07, 6.45) is 0. The van der Waals surface area contributed by atoms with E-state index in [9.17, 15) is 0 Å². The predicted octanol–water partition coefficient (Wildman–Crippen LogP) is 4.21. The molecule has 0 saturated heterocycles. The van der Waals surface area contributed by atoms with E-state index in [-0.39, 0.29) is 0 Å². The number of nitrogens with one attached hydrogen (secondary N) is 1. The van der Waals surface area contributed by atoms with Gasteiger partial charge in [0.25, 0.3) is 0 Å². The smallest absolute Gasteiger partial charge is 0.0115 e. The molecular weight excluding hydrogens is 190 g/mol. The molecule has 1 rings (SSSR count). The quantitative estimate of drug-likeness (QED) is 0.776. The Morgan fingerprint density at radius 3 is 2.14 bits per heavy atom. The van der Waals surface area contributed by atoms with Gasteiger partial charge in [0.2, 0.25) is 0 Å². The lowest BCUT2D eigenvalue weighted by atomic mass is 10.5. The molecule has 0 amide bonds. The van der Waals surface area contributed by atoms with Crippen LogP contribution < -0.4 is 5.32 Å². The van der Waals surface area contributed by atoms with Gasteiger partial charge in [0.15, 0.2) is 0 Å². The van der Waals surface area contributed by atoms with Crippen LogP contribution in [0.1, 0.15) is 32.6 Å². The second-order valence-electron chi connectivity index (χ2n) is 2.53. The van der Waals surface area contributed by atoms with Crippen LogP contribution in [0, 0.1) is 6.92 Å². The van der Waals surface area contributed by atoms with E-state index in [2.05, 4.69) is 43.3 Å². The fourth-order valence-corrected chi connectivity index (χ4v) is 1.19. The molecule has 0 atom stereocenters. The third-order valence-electron chi connectivity index (χ3n) is 1.14. The number of rotatable bonds is 2. The van der Waals surface area contributed by atoms with Gasteiger partial charge in [-0.25, -0.2) is 0 Å². The molecule has 1 aromatic heterocycles. The molecule has 0 spiro atoms. The summed E-state index contributed by atoms with van der Waals surface area (Å²) in [5, 5.41) is 5.09. The molecule has 1 N–H and O–H groups in total. The highest BCUT2D eigenvalue weighted by Gasteiger charge is 1.74. The average molecular weight is 213 g/mol. The van der Waals surface area contributed by atoms with E-state index in [1.54, 1.807) is 11.3 Å². The molecule has 0 bridgehead atoms. The van der Waals surface area contributed by atoms with E-state index < -0.39 is 0 Å². The van der Waals surface area contributed by atoms with Crippen LogP contribution >= 0.6 is 11.3 Å². The fraction of sp³-hybridized carbons (Fsp3) is 0.500. The van der Waals surface area contributed by atoms with Crippen molar-refractivity contribution < 1.29 is 0 Å².